The maximum atomic E-state index is 8.87. The molecule has 1 aliphatic carbocycles. The molecule has 0 bridgehead atoms. The molecule has 2 heteroatoms. The average molecular weight is 284 g/mol. The molecule has 114 valence electrons. The number of hydrogen-bond acceptors (Lipinski definition) is 2. The van der Waals surface area contributed by atoms with Crippen molar-refractivity contribution < 1.29 is 0 Å². The van der Waals surface area contributed by atoms with E-state index in [4.69, 9.17) is 5.26 Å². The summed E-state index contributed by atoms with van der Waals surface area (Å²) in [5.41, 5.74) is 2.51. The molecule has 1 aromatic rings. The number of nitrogens with zero attached hydrogens (tertiary/aromatic N) is 1. The van der Waals surface area contributed by atoms with Gasteiger partial charge in [-0.2, -0.15) is 5.26 Å². The average Bonchev–Trinajstić information content (AvgIpc) is 2.93. The van der Waals surface area contributed by atoms with E-state index in [0.29, 0.717) is 11.5 Å². The maximum Gasteiger partial charge on any atom is 0.0991 e. The molecule has 2 nitrogen and oxygen atoms in total. The Morgan fingerprint density at radius 3 is 2.29 bits per heavy atom. The first kappa shape index (κ1) is 16.0. The number of nitrogens with one attached hydrogen (secondary N) is 1. The Balaban J connectivity index is 1.95. The minimum absolute atomic E-state index is 0.349. The topological polar surface area (TPSA) is 35.8 Å². The fourth-order valence-electron chi connectivity index (χ4n) is 3.78. The lowest BCUT2D eigenvalue weighted by molar-refractivity contribution is 0.217. The Bertz CT molecular complexity index is 475. The zero-order valence-electron chi connectivity index (χ0n) is 13.7. The molecule has 1 unspecified atom stereocenters. The van der Waals surface area contributed by atoms with Crippen LogP contribution in [0.5, 0.6) is 0 Å². The standard InChI is InChI=1S/C19H28N2/c1-15(2)12-19(10-4-5-11-19)14-21-16(3)18-8-6-17(13-20)7-9-18/h6-9,15-16,21H,4-5,10-12,14H2,1-3H3. The molecule has 0 amide bonds. The second-order valence-corrected chi connectivity index (χ2v) is 7.14. The fourth-order valence-corrected chi connectivity index (χ4v) is 3.78. The van der Waals surface area contributed by atoms with Crippen LogP contribution in [0.4, 0.5) is 0 Å². The Morgan fingerprint density at radius 1 is 1.14 bits per heavy atom. The molecular weight excluding hydrogens is 256 g/mol. The van der Waals surface area contributed by atoms with Crippen LogP contribution in [0.15, 0.2) is 24.3 Å². The van der Waals surface area contributed by atoms with Gasteiger partial charge in [0.25, 0.3) is 0 Å². The monoisotopic (exact) mass is 284 g/mol. The lowest BCUT2D eigenvalue weighted by atomic mass is 9.78. The van der Waals surface area contributed by atoms with E-state index in [2.05, 4.69) is 44.3 Å². The van der Waals surface area contributed by atoms with Crippen LogP contribution in [0.25, 0.3) is 0 Å². The molecular formula is C19H28N2. The predicted octanol–water partition coefficient (Wildman–Crippen LogP) is 4.82. The first-order valence-electron chi connectivity index (χ1n) is 8.28. The van der Waals surface area contributed by atoms with Gasteiger partial charge in [-0.3, -0.25) is 0 Å². The van der Waals surface area contributed by atoms with Gasteiger partial charge in [0.15, 0.2) is 0 Å². The predicted molar refractivity (Wildman–Crippen MR) is 87.9 cm³/mol. The van der Waals surface area contributed by atoms with Crippen molar-refractivity contribution in [3.05, 3.63) is 35.4 Å². The van der Waals surface area contributed by atoms with Gasteiger partial charge in [0.05, 0.1) is 11.6 Å². The third-order valence-corrected chi connectivity index (χ3v) is 4.83. The molecule has 0 saturated heterocycles. The molecule has 1 aromatic carbocycles. The highest BCUT2D eigenvalue weighted by Crippen LogP contribution is 2.42. The summed E-state index contributed by atoms with van der Waals surface area (Å²) in [4.78, 5) is 0. The molecule has 1 atom stereocenters. The first-order valence-corrected chi connectivity index (χ1v) is 8.28. The van der Waals surface area contributed by atoms with Crippen molar-refractivity contribution in [3.8, 4) is 6.07 Å². The van der Waals surface area contributed by atoms with Crippen molar-refractivity contribution >= 4 is 0 Å². The molecule has 1 saturated carbocycles. The van der Waals surface area contributed by atoms with Gasteiger partial charge in [-0.05, 0) is 55.2 Å². The lowest BCUT2D eigenvalue weighted by Crippen LogP contribution is -2.34. The van der Waals surface area contributed by atoms with E-state index in [0.717, 1.165) is 18.0 Å². The lowest BCUT2D eigenvalue weighted by Gasteiger charge is -2.33. The SMILES string of the molecule is CC(C)CC1(CNC(C)c2ccc(C#N)cc2)CCCC1. The van der Waals surface area contributed by atoms with Crippen LogP contribution >= 0.6 is 0 Å². The molecule has 21 heavy (non-hydrogen) atoms. The van der Waals surface area contributed by atoms with Crippen molar-refractivity contribution in [2.24, 2.45) is 11.3 Å². The van der Waals surface area contributed by atoms with E-state index < -0.39 is 0 Å². The minimum Gasteiger partial charge on any atom is -0.310 e. The number of nitriles is 1. The summed E-state index contributed by atoms with van der Waals surface area (Å²) >= 11 is 0. The van der Waals surface area contributed by atoms with Crippen molar-refractivity contribution in [2.45, 2.75) is 58.9 Å². The Labute approximate surface area is 129 Å². The van der Waals surface area contributed by atoms with Gasteiger partial charge in [-0.15, -0.1) is 0 Å². The quantitative estimate of drug-likeness (QED) is 0.813. The van der Waals surface area contributed by atoms with Gasteiger partial charge in [0, 0.05) is 12.6 Å². The smallest absolute Gasteiger partial charge is 0.0991 e. The van der Waals surface area contributed by atoms with E-state index >= 15 is 0 Å². The number of hydrogen-bond donors (Lipinski definition) is 1. The molecule has 0 aromatic heterocycles. The van der Waals surface area contributed by atoms with Crippen molar-refractivity contribution in [3.63, 3.8) is 0 Å². The van der Waals surface area contributed by atoms with E-state index in [1.165, 1.54) is 37.7 Å². The highest BCUT2D eigenvalue weighted by molar-refractivity contribution is 5.32. The van der Waals surface area contributed by atoms with Gasteiger partial charge < -0.3 is 5.32 Å². The summed E-state index contributed by atoms with van der Waals surface area (Å²) in [7, 11) is 0. The molecule has 0 spiro atoms. The summed E-state index contributed by atoms with van der Waals surface area (Å²) in [6.45, 7) is 8.01. The molecule has 0 aliphatic heterocycles. The van der Waals surface area contributed by atoms with Crippen LogP contribution in [-0.4, -0.2) is 6.54 Å². The largest absolute Gasteiger partial charge is 0.310 e. The van der Waals surface area contributed by atoms with Crippen molar-refractivity contribution in [1.82, 2.24) is 5.32 Å². The van der Waals surface area contributed by atoms with Gasteiger partial charge in [-0.1, -0.05) is 38.8 Å². The Kier molecular flexibility index (Phi) is 5.42. The van der Waals surface area contributed by atoms with Crippen LogP contribution < -0.4 is 5.32 Å². The summed E-state index contributed by atoms with van der Waals surface area (Å²) in [6, 6.07) is 10.5. The van der Waals surface area contributed by atoms with Crippen molar-refractivity contribution in [1.29, 1.82) is 5.26 Å². The molecule has 2 rings (SSSR count). The highest BCUT2D eigenvalue weighted by Gasteiger charge is 2.34. The third kappa shape index (κ3) is 4.32. The molecule has 0 heterocycles. The minimum atomic E-state index is 0.349. The van der Waals surface area contributed by atoms with E-state index in [-0.39, 0.29) is 0 Å². The van der Waals surface area contributed by atoms with Gasteiger partial charge in [-0.25, -0.2) is 0 Å². The fraction of sp³-hybridized carbons (Fsp3) is 0.632. The van der Waals surface area contributed by atoms with Crippen molar-refractivity contribution in [2.75, 3.05) is 6.54 Å². The first-order chi connectivity index (χ1) is 10.0. The van der Waals surface area contributed by atoms with Crippen LogP contribution in [-0.2, 0) is 0 Å². The Morgan fingerprint density at radius 2 is 1.76 bits per heavy atom. The molecule has 0 radical (unpaired) electrons. The van der Waals surface area contributed by atoms with Crippen LogP contribution in [0, 0.1) is 22.7 Å². The maximum absolute atomic E-state index is 8.87. The van der Waals surface area contributed by atoms with E-state index in [1.54, 1.807) is 0 Å². The second-order valence-electron chi connectivity index (χ2n) is 7.14. The molecule has 1 aliphatic rings. The zero-order valence-corrected chi connectivity index (χ0v) is 13.7. The van der Waals surface area contributed by atoms with Gasteiger partial charge >= 0.3 is 0 Å². The van der Waals surface area contributed by atoms with Crippen LogP contribution in [0.1, 0.15) is 70.0 Å². The normalized spacial score (nSPS) is 18.6. The summed E-state index contributed by atoms with van der Waals surface area (Å²) < 4.78 is 0. The zero-order chi connectivity index (χ0) is 15.3. The summed E-state index contributed by atoms with van der Waals surface area (Å²) in [5.74, 6) is 0.773. The third-order valence-electron chi connectivity index (χ3n) is 4.83. The summed E-state index contributed by atoms with van der Waals surface area (Å²) in [6.07, 6.45) is 6.86. The van der Waals surface area contributed by atoms with Crippen LogP contribution in [0.2, 0.25) is 0 Å². The number of rotatable bonds is 6. The number of benzene rings is 1. The van der Waals surface area contributed by atoms with Gasteiger partial charge in [0.2, 0.25) is 0 Å². The molecule has 1 fully saturated rings. The van der Waals surface area contributed by atoms with E-state index in [1.807, 2.05) is 12.1 Å². The van der Waals surface area contributed by atoms with Crippen LogP contribution in [0.3, 0.4) is 0 Å². The highest BCUT2D eigenvalue weighted by atomic mass is 14.9. The van der Waals surface area contributed by atoms with E-state index in [9.17, 15) is 0 Å². The summed E-state index contributed by atoms with van der Waals surface area (Å²) in [5, 5.41) is 12.6. The van der Waals surface area contributed by atoms with Gasteiger partial charge in [0.1, 0.15) is 0 Å². The second kappa shape index (κ2) is 7.09. The Hall–Kier alpha value is -1.33. The molecule has 1 N–H and O–H groups in total.